The van der Waals surface area contributed by atoms with Crippen molar-refractivity contribution in [2.75, 3.05) is 36.6 Å². The molecule has 0 radical (unpaired) electrons. The van der Waals surface area contributed by atoms with Gasteiger partial charge in [-0.3, -0.25) is 4.79 Å². The molecular formula is C23H32N4O4S2. The van der Waals surface area contributed by atoms with Crippen molar-refractivity contribution in [1.29, 1.82) is 0 Å². The number of carbonyl (C=O) groups excluding carboxylic acids is 1. The van der Waals surface area contributed by atoms with Crippen molar-refractivity contribution in [2.45, 2.75) is 43.9 Å². The fourth-order valence-corrected chi connectivity index (χ4v) is 5.20. The molecule has 0 bridgehead atoms. The standard InChI is InChI=1S/C23H32N4O4S2/c1-17-4-7-20(8-5-17)33(29,30)26-21(10-13-32-3)23(28)25-15-19-6-9-22(24-14-19)27-11-12-31-18(2)16-27/h4-9,14,18,21,26H,10-13,15-16H2,1-3H3,(H,25,28). The van der Waals surface area contributed by atoms with Gasteiger partial charge in [0.1, 0.15) is 11.9 Å². The summed E-state index contributed by atoms with van der Waals surface area (Å²) in [4.78, 5) is 19.7. The normalized spacial score (nSPS) is 17.5. The molecule has 1 fully saturated rings. The lowest BCUT2D eigenvalue weighted by Crippen LogP contribution is -2.46. The number of thioether (sulfide) groups is 1. The van der Waals surface area contributed by atoms with Crippen LogP contribution in [0.1, 0.15) is 24.5 Å². The Morgan fingerprint density at radius 2 is 2.03 bits per heavy atom. The first kappa shape index (κ1) is 25.5. The molecule has 1 aliphatic heterocycles. The number of carbonyl (C=O) groups is 1. The number of amides is 1. The largest absolute Gasteiger partial charge is 0.375 e. The van der Waals surface area contributed by atoms with Crippen LogP contribution in [-0.4, -0.2) is 63.2 Å². The van der Waals surface area contributed by atoms with Crippen LogP contribution >= 0.6 is 11.8 Å². The number of aryl methyl sites for hydroxylation is 1. The van der Waals surface area contributed by atoms with Gasteiger partial charge in [-0.05, 0) is 56.0 Å². The van der Waals surface area contributed by atoms with Crippen LogP contribution in [0.3, 0.4) is 0 Å². The second-order valence-electron chi connectivity index (χ2n) is 8.14. The first-order valence-electron chi connectivity index (χ1n) is 11.0. The van der Waals surface area contributed by atoms with Crippen molar-refractivity contribution in [3.8, 4) is 0 Å². The number of pyridine rings is 1. The predicted octanol–water partition coefficient (Wildman–Crippen LogP) is 2.33. The molecule has 1 aromatic carbocycles. The van der Waals surface area contributed by atoms with E-state index in [1.165, 1.54) is 0 Å². The van der Waals surface area contributed by atoms with Crippen molar-refractivity contribution in [2.24, 2.45) is 0 Å². The Labute approximate surface area is 200 Å². The second-order valence-corrected chi connectivity index (χ2v) is 10.8. The minimum absolute atomic E-state index is 0.146. The molecule has 2 aromatic rings. The highest BCUT2D eigenvalue weighted by Gasteiger charge is 2.25. The number of rotatable bonds is 10. The number of sulfonamides is 1. The molecule has 2 N–H and O–H groups in total. The Morgan fingerprint density at radius 1 is 1.27 bits per heavy atom. The number of hydrogen-bond donors (Lipinski definition) is 2. The van der Waals surface area contributed by atoms with Crippen LogP contribution in [0.4, 0.5) is 5.82 Å². The number of nitrogens with one attached hydrogen (secondary N) is 2. The van der Waals surface area contributed by atoms with Crippen LogP contribution in [0.15, 0.2) is 47.5 Å². The minimum atomic E-state index is -3.81. The summed E-state index contributed by atoms with van der Waals surface area (Å²) < 4.78 is 33.7. The number of benzene rings is 1. The molecule has 10 heteroatoms. The predicted molar refractivity (Wildman–Crippen MR) is 132 cm³/mol. The lowest BCUT2D eigenvalue weighted by Gasteiger charge is -2.32. The van der Waals surface area contributed by atoms with Crippen LogP contribution in [0, 0.1) is 6.92 Å². The van der Waals surface area contributed by atoms with Gasteiger partial charge >= 0.3 is 0 Å². The Morgan fingerprint density at radius 3 is 2.67 bits per heavy atom. The third-order valence-electron chi connectivity index (χ3n) is 5.40. The SMILES string of the molecule is CSCCC(NS(=O)(=O)c1ccc(C)cc1)C(=O)NCc1ccc(N2CCOC(C)C2)nc1. The van der Waals surface area contributed by atoms with Gasteiger partial charge in [-0.2, -0.15) is 16.5 Å². The van der Waals surface area contributed by atoms with E-state index in [9.17, 15) is 13.2 Å². The lowest BCUT2D eigenvalue weighted by molar-refractivity contribution is -0.122. The molecule has 8 nitrogen and oxygen atoms in total. The summed E-state index contributed by atoms with van der Waals surface area (Å²) in [5.41, 5.74) is 1.81. The molecule has 0 spiro atoms. The van der Waals surface area contributed by atoms with E-state index in [1.54, 1.807) is 42.2 Å². The highest BCUT2D eigenvalue weighted by atomic mass is 32.2. The maximum atomic E-state index is 12.8. The summed E-state index contributed by atoms with van der Waals surface area (Å²) in [5.74, 6) is 1.18. The van der Waals surface area contributed by atoms with Crippen molar-refractivity contribution in [3.05, 3.63) is 53.7 Å². The number of aromatic nitrogens is 1. The van der Waals surface area contributed by atoms with Gasteiger partial charge in [0, 0.05) is 25.8 Å². The molecule has 2 unspecified atom stereocenters. The second kappa shape index (κ2) is 11.8. The molecule has 3 rings (SSSR count). The summed E-state index contributed by atoms with van der Waals surface area (Å²) in [6.07, 6.45) is 4.22. The van der Waals surface area contributed by atoms with Crippen molar-refractivity contribution < 1.29 is 17.9 Å². The molecule has 180 valence electrons. The van der Waals surface area contributed by atoms with Gasteiger partial charge in [0.05, 0.1) is 17.6 Å². The zero-order chi connectivity index (χ0) is 23.8. The summed E-state index contributed by atoms with van der Waals surface area (Å²) in [5, 5.41) is 2.85. The number of anilines is 1. The summed E-state index contributed by atoms with van der Waals surface area (Å²) in [7, 11) is -3.81. The smallest absolute Gasteiger partial charge is 0.241 e. The molecule has 1 saturated heterocycles. The third-order valence-corrected chi connectivity index (χ3v) is 7.53. The highest BCUT2D eigenvalue weighted by Crippen LogP contribution is 2.16. The maximum absolute atomic E-state index is 12.8. The quantitative estimate of drug-likeness (QED) is 0.525. The Hall–Kier alpha value is -2.14. The van der Waals surface area contributed by atoms with Gasteiger partial charge in [0.2, 0.25) is 15.9 Å². The van der Waals surface area contributed by atoms with Crippen LogP contribution in [0.5, 0.6) is 0 Å². The van der Waals surface area contributed by atoms with Gasteiger partial charge < -0.3 is 15.0 Å². The monoisotopic (exact) mass is 492 g/mol. The van der Waals surface area contributed by atoms with E-state index in [1.807, 2.05) is 32.2 Å². The van der Waals surface area contributed by atoms with Crippen LogP contribution in [0.25, 0.3) is 0 Å². The summed E-state index contributed by atoms with van der Waals surface area (Å²) in [6.45, 7) is 6.47. The maximum Gasteiger partial charge on any atom is 0.241 e. The zero-order valence-electron chi connectivity index (χ0n) is 19.3. The van der Waals surface area contributed by atoms with Gasteiger partial charge in [-0.25, -0.2) is 13.4 Å². The number of hydrogen-bond acceptors (Lipinski definition) is 7. The number of morpholine rings is 1. The van der Waals surface area contributed by atoms with E-state index in [0.717, 1.165) is 30.0 Å². The van der Waals surface area contributed by atoms with Crippen molar-refractivity contribution in [3.63, 3.8) is 0 Å². The average molecular weight is 493 g/mol. The van der Waals surface area contributed by atoms with Crippen molar-refractivity contribution in [1.82, 2.24) is 15.0 Å². The fraction of sp³-hybridized carbons (Fsp3) is 0.478. The van der Waals surface area contributed by atoms with E-state index in [-0.39, 0.29) is 23.5 Å². The molecule has 1 aromatic heterocycles. The molecule has 0 saturated carbocycles. The molecule has 2 atom stereocenters. The van der Waals surface area contributed by atoms with Crippen LogP contribution in [-0.2, 0) is 26.1 Å². The first-order valence-corrected chi connectivity index (χ1v) is 13.8. The van der Waals surface area contributed by atoms with Crippen molar-refractivity contribution >= 4 is 33.5 Å². The third kappa shape index (κ3) is 7.43. The van der Waals surface area contributed by atoms with Gasteiger partial charge in [0.15, 0.2) is 0 Å². The van der Waals surface area contributed by atoms with E-state index >= 15 is 0 Å². The van der Waals surface area contributed by atoms with E-state index in [2.05, 4.69) is 19.9 Å². The van der Waals surface area contributed by atoms with Gasteiger partial charge in [-0.1, -0.05) is 23.8 Å². The Bertz CT molecular complexity index is 1010. The molecule has 1 aliphatic rings. The fourth-order valence-electron chi connectivity index (χ4n) is 3.50. The molecular weight excluding hydrogens is 460 g/mol. The topological polar surface area (TPSA) is 101 Å². The summed E-state index contributed by atoms with van der Waals surface area (Å²) in [6, 6.07) is 9.57. The highest BCUT2D eigenvalue weighted by molar-refractivity contribution is 7.98. The number of nitrogens with zero attached hydrogens (tertiary/aromatic N) is 2. The van der Waals surface area contributed by atoms with E-state index in [0.29, 0.717) is 18.8 Å². The van der Waals surface area contributed by atoms with Crippen LogP contribution in [0.2, 0.25) is 0 Å². The molecule has 1 amide bonds. The summed E-state index contributed by atoms with van der Waals surface area (Å²) >= 11 is 1.56. The van der Waals surface area contributed by atoms with Crippen LogP contribution < -0.4 is 14.9 Å². The molecule has 0 aliphatic carbocycles. The van der Waals surface area contributed by atoms with Gasteiger partial charge in [0.25, 0.3) is 0 Å². The number of ether oxygens (including phenoxy) is 1. The first-order chi connectivity index (χ1) is 15.8. The minimum Gasteiger partial charge on any atom is -0.375 e. The average Bonchev–Trinajstić information content (AvgIpc) is 2.81. The Balaban J connectivity index is 1.61. The van der Waals surface area contributed by atoms with E-state index in [4.69, 9.17) is 4.74 Å². The van der Waals surface area contributed by atoms with Gasteiger partial charge in [-0.15, -0.1) is 0 Å². The van der Waals surface area contributed by atoms with E-state index < -0.39 is 16.1 Å². The molecule has 2 heterocycles. The molecule has 33 heavy (non-hydrogen) atoms. The Kier molecular flexibility index (Phi) is 9.13. The zero-order valence-corrected chi connectivity index (χ0v) is 20.9. The lowest BCUT2D eigenvalue weighted by atomic mass is 10.2.